The molecule has 0 aliphatic carbocycles. The molecular formula is C19H21NO4. The van der Waals surface area contributed by atoms with Crippen LogP contribution in [-0.2, 0) is 14.3 Å². The molecule has 5 heteroatoms. The van der Waals surface area contributed by atoms with Gasteiger partial charge in [-0.05, 0) is 50.6 Å². The van der Waals surface area contributed by atoms with Gasteiger partial charge in [-0.3, -0.25) is 4.79 Å². The van der Waals surface area contributed by atoms with Crippen LogP contribution < -0.4 is 10.1 Å². The number of rotatable bonds is 6. The zero-order valence-electron chi connectivity index (χ0n) is 14.0. The van der Waals surface area contributed by atoms with E-state index in [4.69, 9.17) is 9.47 Å². The van der Waals surface area contributed by atoms with Crippen molar-refractivity contribution < 1.29 is 19.1 Å². The summed E-state index contributed by atoms with van der Waals surface area (Å²) in [7, 11) is 0. The van der Waals surface area contributed by atoms with E-state index in [2.05, 4.69) is 5.32 Å². The van der Waals surface area contributed by atoms with E-state index in [0.29, 0.717) is 11.4 Å². The van der Waals surface area contributed by atoms with Gasteiger partial charge in [-0.15, -0.1) is 0 Å². The minimum absolute atomic E-state index is 0.391. The Balaban J connectivity index is 1.87. The van der Waals surface area contributed by atoms with Gasteiger partial charge >= 0.3 is 5.97 Å². The Morgan fingerprint density at radius 1 is 0.958 bits per heavy atom. The predicted octanol–water partition coefficient (Wildman–Crippen LogP) is 3.33. The van der Waals surface area contributed by atoms with Crippen LogP contribution in [0.2, 0.25) is 0 Å². The average Bonchev–Trinajstić information content (AvgIpc) is 2.55. The zero-order chi connectivity index (χ0) is 17.5. The van der Waals surface area contributed by atoms with E-state index in [9.17, 15) is 9.59 Å². The highest BCUT2D eigenvalue weighted by atomic mass is 16.6. The number of ether oxygens (including phenoxy) is 2. The van der Waals surface area contributed by atoms with Crippen molar-refractivity contribution in [2.75, 3.05) is 5.32 Å². The van der Waals surface area contributed by atoms with Crippen LogP contribution in [0, 0.1) is 6.92 Å². The molecule has 2 atom stereocenters. The van der Waals surface area contributed by atoms with Crippen LogP contribution in [0.3, 0.4) is 0 Å². The van der Waals surface area contributed by atoms with Crippen molar-refractivity contribution >= 4 is 17.6 Å². The normalized spacial score (nSPS) is 12.8. The molecule has 24 heavy (non-hydrogen) atoms. The lowest BCUT2D eigenvalue weighted by molar-refractivity contribution is -0.159. The number of para-hydroxylation sites is 1. The van der Waals surface area contributed by atoms with Gasteiger partial charge in [-0.25, -0.2) is 4.79 Å². The second kappa shape index (κ2) is 8.15. The quantitative estimate of drug-likeness (QED) is 0.827. The molecule has 5 nitrogen and oxygen atoms in total. The second-order valence-electron chi connectivity index (χ2n) is 5.51. The Hall–Kier alpha value is -2.82. The first kappa shape index (κ1) is 17.5. The first-order chi connectivity index (χ1) is 11.5. The summed E-state index contributed by atoms with van der Waals surface area (Å²) in [4.78, 5) is 24.1. The van der Waals surface area contributed by atoms with Gasteiger partial charge in [-0.2, -0.15) is 0 Å². The van der Waals surface area contributed by atoms with Gasteiger partial charge in [0.25, 0.3) is 5.91 Å². The summed E-state index contributed by atoms with van der Waals surface area (Å²) in [6.07, 6.45) is -1.72. The van der Waals surface area contributed by atoms with Gasteiger partial charge in [0.2, 0.25) is 0 Å². The number of nitrogens with one attached hydrogen (secondary N) is 1. The Morgan fingerprint density at radius 3 is 2.33 bits per heavy atom. The zero-order valence-corrected chi connectivity index (χ0v) is 14.0. The second-order valence-corrected chi connectivity index (χ2v) is 5.51. The molecule has 0 aromatic heterocycles. The van der Waals surface area contributed by atoms with E-state index in [1.165, 1.54) is 6.92 Å². The van der Waals surface area contributed by atoms with Crippen LogP contribution in [0.4, 0.5) is 5.69 Å². The Kier molecular flexibility index (Phi) is 5.95. The van der Waals surface area contributed by atoms with Crippen LogP contribution in [-0.4, -0.2) is 24.1 Å². The third-order valence-corrected chi connectivity index (χ3v) is 3.34. The minimum atomic E-state index is -0.915. The Bertz CT molecular complexity index is 700. The van der Waals surface area contributed by atoms with E-state index < -0.39 is 24.1 Å². The van der Waals surface area contributed by atoms with Crippen LogP contribution in [0.1, 0.15) is 19.4 Å². The van der Waals surface area contributed by atoms with Gasteiger partial charge in [-0.1, -0.05) is 30.3 Å². The van der Waals surface area contributed by atoms with E-state index >= 15 is 0 Å². The van der Waals surface area contributed by atoms with Gasteiger partial charge < -0.3 is 14.8 Å². The molecule has 2 aromatic rings. The molecular weight excluding hydrogens is 306 g/mol. The number of aryl methyl sites for hydroxylation is 1. The molecule has 126 valence electrons. The van der Waals surface area contributed by atoms with Gasteiger partial charge in [0, 0.05) is 5.69 Å². The molecule has 0 bridgehead atoms. The largest absolute Gasteiger partial charge is 0.479 e. The van der Waals surface area contributed by atoms with Crippen LogP contribution >= 0.6 is 0 Å². The Labute approximate surface area is 141 Å². The highest BCUT2D eigenvalue weighted by Gasteiger charge is 2.23. The molecule has 0 spiro atoms. The van der Waals surface area contributed by atoms with Crippen molar-refractivity contribution in [2.24, 2.45) is 0 Å². The molecule has 0 aliphatic rings. The topological polar surface area (TPSA) is 64.6 Å². The number of amides is 1. The minimum Gasteiger partial charge on any atom is -0.479 e. The summed E-state index contributed by atoms with van der Waals surface area (Å²) in [6.45, 7) is 5.05. The highest BCUT2D eigenvalue weighted by Crippen LogP contribution is 2.15. The smallest absolute Gasteiger partial charge is 0.347 e. The predicted molar refractivity (Wildman–Crippen MR) is 91.9 cm³/mol. The number of hydrogen-bond acceptors (Lipinski definition) is 4. The van der Waals surface area contributed by atoms with E-state index in [1.807, 2.05) is 43.3 Å². The fraction of sp³-hybridized carbons (Fsp3) is 0.263. The lowest BCUT2D eigenvalue weighted by Crippen LogP contribution is -2.35. The maximum Gasteiger partial charge on any atom is 0.347 e. The molecule has 2 aromatic carbocycles. The van der Waals surface area contributed by atoms with Crippen molar-refractivity contribution in [2.45, 2.75) is 33.0 Å². The van der Waals surface area contributed by atoms with Gasteiger partial charge in [0.05, 0.1) is 0 Å². The molecule has 2 rings (SSSR count). The monoisotopic (exact) mass is 327 g/mol. The molecule has 0 heterocycles. The number of anilines is 1. The third kappa shape index (κ3) is 5.12. The molecule has 1 N–H and O–H groups in total. The molecule has 0 saturated carbocycles. The summed E-state index contributed by atoms with van der Waals surface area (Å²) in [6, 6.07) is 16.4. The fourth-order valence-corrected chi connectivity index (χ4v) is 2.03. The summed E-state index contributed by atoms with van der Waals surface area (Å²) in [5.41, 5.74) is 1.68. The molecule has 0 saturated heterocycles. The first-order valence-corrected chi connectivity index (χ1v) is 7.75. The summed E-state index contributed by atoms with van der Waals surface area (Å²) in [5.74, 6) is -0.398. The van der Waals surface area contributed by atoms with E-state index in [0.717, 1.165) is 5.56 Å². The summed E-state index contributed by atoms with van der Waals surface area (Å²) in [5, 5.41) is 2.69. The molecule has 0 aliphatic heterocycles. The third-order valence-electron chi connectivity index (χ3n) is 3.34. The SMILES string of the molecule is Cc1cccc(O[C@@H](C)C(=O)O[C@@H](C)C(=O)Nc2ccccc2)c1. The summed E-state index contributed by atoms with van der Waals surface area (Å²) >= 11 is 0. The maximum absolute atomic E-state index is 12.1. The highest BCUT2D eigenvalue weighted by molar-refractivity contribution is 5.95. The van der Waals surface area contributed by atoms with Crippen LogP contribution in [0.25, 0.3) is 0 Å². The summed E-state index contributed by atoms with van der Waals surface area (Å²) < 4.78 is 10.7. The average molecular weight is 327 g/mol. The lowest BCUT2D eigenvalue weighted by Gasteiger charge is -2.18. The first-order valence-electron chi connectivity index (χ1n) is 7.75. The number of carbonyl (C=O) groups excluding carboxylic acids is 2. The van der Waals surface area contributed by atoms with Crippen LogP contribution in [0.15, 0.2) is 54.6 Å². The van der Waals surface area contributed by atoms with Crippen LogP contribution in [0.5, 0.6) is 5.75 Å². The fourth-order valence-electron chi connectivity index (χ4n) is 2.03. The molecule has 0 fully saturated rings. The van der Waals surface area contributed by atoms with E-state index in [1.54, 1.807) is 25.1 Å². The van der Waals surface area contributed by atoms with Crippen molar-refractivity contribution in [1.29, 1.82) is 0 Å². The molecule has 0 unspecified atom stereocenters. The number of hydrogen-bond donors (Lipinski definition) is 1. The van der Waals surface area contributed by atoms with E-state index in [-0.39, 0.29) is 0 Å². The van der Waals surface area contributed by atoms with Crippen molar-refractivity contribution in [1.82, 2.24) is 0 Å². The number of carbonyl (C=O) groups is 2. The van der Waals surface area contributed by atoms with Gasteiger partial charge in [0.1, 0.15) is 5.75 Å². The Morgan fingerprint density at radius 2 is 1.67 bits per heavy atom. The standard InChI is InChI=1S/C19H21NO4/c1-13-8-7-11-17(12-13)23-15(3)19(22)24-14(2)18(21)20-16-9-5-4-6-10-16/h4-12,14-15H,1-3H3,(H,20,21)/t14-,15-/m0/s1. The van der Waals surface area contributed by atoms with Gasteiger partial charge in [0.15, 0.2) is 12.2 Å². The van der Waals surface area contributed by atoms with Crippen molar-refractivity contribution in [3.63, 3.8) is 0 Å². The van der Waals surface area contributed by atoms with Crippen molar-refractivity contribution in [3.8, 4) is 5.75 Å². The van der Waals surface area contributed by atoms with Crippen molar-refractivity contribution in [3.05, 3.63) is 60.2 Å². The molecule has 1 amide bonds. The lowest BCUT2D eigenvalue weighted by atomic mass is 10.2. The molecule has 0 radical (unpaired) electrons. The maximum atomic E-state index is 12.1. The number of benzene rings is 2. The number of esters is 1.